The summed E-state index contributed by atoms with van der Waals surface area (Å²) in [7, 11) is 0. The Morgan fingerprint density at radius 3 is 2.82 bits per heavy atom. The number of benzene rings is 1. The Balaban J connectivity index is 1.60. The molecule has 0 aromatic heterocycles. The molecule has 2 fully saturated rings. The van der Waals surface area contributed by atoms with Gasteiger partial charge in [0.1, 0.15) is 0 Å². The van der Waals surface area contributed by atoms with Crippen molar-refractivity contribution in [2.45, 2.75) is 45.2 Å². The maximum Gasteiger partial charge on any atom is 0.0408 e. The molecule has 1 N–H and O–H groups in total. The standard InChI is InChI=1S/C15H20ClN/c1-10-6-14(16)5-4-13(10)9-17-15-8-11-2-3-12(15)7-11/h4-6,11-12,15,17H,2-3,7-9H2,1H3. The predicted molar refractivity (Wildman–Crippen MR) is 72.3 cm³/mol. The molecule has 0 heterocycles. The Labute approximate surface area is 109 Å². The smallest absolute Gasteiger partial charge is 0.0408 e. The van der Waals surface area contributed by atoms with E-state index < -0.39 is 0 Å². The normalized spacial score (nSPS) is 31.1. The summed E-state index contributed by atoms with van der Waals surface area (Å²) >= 11 is 5.98. The highest BCUT2D eigenvalue weighted by Crippen LogP contribution is 2.44. The first-order valence-corrected chi connectivity index (χ1v) is 7.08. The molecule has 2 aliphatic carbocycles. The van der Waals surface area contributed by atoms with E-state index in [0.29, 0.717) is 0 Å². The Kier molecular flexibility index (Phi) is 3.14. The molecule has 2 aliphatic rings. The fourth-order valence-electron chi connectivity index (χ4n) is 3.59. The second kappa shape index (κ2) is 4.62. The molecule has 0 radical (unpaired) electrons. The molecule has 1 aromatic rings. The quantitative estimate of drug-likeness (QED) is 0.856. The largest absolute Gasteiger partial charge is 0.310 e. The van der Waals surface area contributed by atoms with Crippen LogP contribution in [0.5, 0.6) is 0 Å². The van der Waals surface area contributed by atoms with Crippen molar-refractivity contribution in [3.8, 4) is 0 Å². The topological polar surface area (TPSA) is 12.0 Å². The lowest BCUT2D eigenvalue weighted by atomic mass is 9.95. The molecule has 0 spiro atoms. The zero-order valence-electron chi connectivity index (χ0n) is 10.4. The van der Waals surface area contributed by atoms with Gasteiger partial charge in [0.2, 0.25) is 0 Å². The zero-order chi connectivity index (χ0) is 11.8. The van der Waals surface area contributed by atoms with E-state index in [2.05, 4.69) is 24.4 Å². The lowest BCUT2D eigenvalue weighted by Crippen LogP contribution is -2.33. The van der Waals surface area contributed by atoms with Crippen molar-refractivity contribution >= 4 is 11.6 Å². The molecule has 3 atom stereocenters. The Morgan fingerprint density at radius 1 is 1.29 bits per heavy atom. The third-order valence-corrected chi connectivity index (χ3v) is 4.83. The first-order chi connectivity index (χ1) is 8.22. The average molecular weight is 250 g/mol. The molecule has 1 aromatic carbocycles. The van der Waals surface area contributed by atoms with E-state index in [1.54, 1.807) is 0 Å². The first-order valence-electron chi connectivity index (χ1n) is 6.71. The SMILES string of the molecule is Cc1cc(Cl)ccc1CNC1CC2CCC1C2. The number of rotatable bonds is 3. The van der Waals surface area contributed by atoms with Gasteiger partial charge in [0.05, 0.1) is 0 Å². The van der Waals surface area contributed by atoms with Crippen molar-refractivity contribution in [1.29, 1.82) is 0 Å². The third kappa shape index (κ3) is 2.36. The number of fused-ring (bicyclic) bond motifs is 2. The minimum absolute atomic E-state index is 0.767. The second-order valence-electron chi connectivity index (χ2n) is 5.73. The van der Waals surface area contributed by atoms with Crippen molar-refractivity contribution in [2.75, 3.05) is 0 Å². The van der Waals surface area contributed by atoms with E-state index in [4.69, 9.17) is 11.6 Å². The molecule has 0 saturated heterocycles. The number of hydrogen-bond acceptors (Lipinski definition) is 1. The maximum absolute atomic E-state index is 5.98. The van der Waals surface area contributed by atoms with E-state index in [1.807, 2.05) is 6.07 Å². The van der Waals surface area contributed by atoms with Crippen LogP contribution in [0.15, 0.2) is 18.2 Å². The molecule has 3 unspecified atom stereocenters. The summed E-state index contributed by atoms with van der Waals surface area (Å²) < 4.78 is 0. The van der Waals surface area contributed by atoms with Crippen LogP contribution in [-0.4, -0.2) is 6.04 Å². The minimum Gasteiger partial charge on any atom is -0.310 e. The van der Waals surface area contributed by atoms with Crippen LogP contribution in [0.1, 0.15) is 36.8 Å². The van der Waals surface area contributed by atoms with Crippen molar-refractivity contribution in [3.63, 3.8) is 0 Å². The second-order valence-corrected chi connectivity index (χ2v) is 6.17. The lowest BCUT2D eigenvalue weighted by molar-refractivity contribution is 0.350. The van der Waals surface area contributed by atoms with E-state index in [0.717, 1.165) is 29.4 Å². The highest BCUT2D eigenvalue weighted by atomic mass is 35.5. The minimum atomic E-state index is 0.767. The van der Waals surface area contributed by atoms with E-state index in [-0.39, 0.29) is 0 Å². The first kappa shape index (κ1) is 11.6. The monoisotopic (exact) mass is 249 g/mol. The van der Waals surface area contributed by atoms with Crippen LogP contribution in [0.25, 0.3) is 0 Å². The van der Waals surface area contributed by atoms with Gasteiger partial charge in [-0.1, -0.05) is 24.1 Å². The maximum atomic E-state index is 5.98. The van der Waals surface area contributed by atoms with E-state index in [9.17, 15) is 0 Å². The molecule has 0 amide bonds. The molecule has 2 bridgehead atoms. The number of aryl methyl sites for hydroxylation is 1. The van der Waals surface area contributed by atoms with Crippen LogP contribution < -0.4 is 5.32 Å². The summed E-state index contributed by atoms with van der Waals surface area (Å²) in [5, 5.41) is 4.59. The Morgan fingerprint density at radius 2 is 2.18 bits per heavy atom. The van der Waals surface area contributed by atoms with Crippen LogP contribution in [0.4, 0.5) is 0 Å². The van der Waals surface area contributed by atoms with Gasteiger partial charge in [-0.25, -0.2) is 0 Å². The van der Waals surface area contributed by atoms with E-state index in [1.165, 1.54) is 36.8 Å². The Bertz CT molecular complexity index is 415. The molecule has 92 valence electrons. The molecular formula is C15H20ClN. The van der Waals surface area contributed by atoms with Crippen LogP contribution in [-0.2, 0) is 6.54 Å². The van der Waals surface area contributed by atoms with Gasteiger partial charge >= 0.3 is 0 Å². The Hall–Kier alpha value is -0.530. The van der Waals surface area contributed by atoms with Gasteiger partial charge in [0, 0.05) is 17.6 Å². The molecule has 0 aliphatic heterocycles. The zero-order valence-corrected chi connectivity index (χ0v) is 11.1. The van der Waals surface area contributed by atoms with Crippen molar-refractivity contribution in [2.24, 2.45) is 11.8 Å². The molecule has 2 saturated carbocycles. The van der Waals surface area contributed by atoms with E-state index >= 15 is 0 Å². The van der Waals surface area contributed by atoms with Gasteiger partial charge in [-0.15, -0.1) is 0 Å². The summed E-state index contributed by atoms with van der Waals surface area (Å²) in [5.74, 6) is 1.97. The van der Waals surface area contributed by atoms with Crippen molar-refractivity contribution < 1.29 is 0 Å². The lowest BCUT2D eigenvalue weighted by Gasteiger charge is -2.23. The number of halogens is 1. The highest BCUT2D eigenvalue weighted by molar-refractivity contribution is 6.30. The van der Waals surface area contributed by atoms with Gasteiger partial charge < -0.3 is 5.32 Å². The van der Waals surface area contributed by atoms with Crippen LogP contribution in [0.2, 0.25) is 5.02 Å². The van der Waals surface area contributed by atoms with Crippen LogP contribution in [0, 0.1) is 18.8 Å². The van der Waals surface area contributed by atoms with Gasteiger partial charge in [0.15, 0.2) is 0 Å². The summed E-state index contributed by atoms with van der Waals surface area (Å²) in [6, 6.07) is 6.97. The predicted octanol–water partition coefficient (Wildman–Crippen LogP) is 3.93. The highest BCUT2D eigenvalue weighted by Gasteiger charge is 2.38. The third-order valence-electron chi connectivity index (χ3n) is 4.60. The number of hydrogen-bond donors (Lipinski definition) is 1. The molecule has 2 heteroatoms. The fourth-order valence-corrected chi connectivity index (χ4v) is 3.82. The van der Waals surface area contributed by atoms with Gasteiger partial charge in [-0.3, -0.25) is 0 Å². The molecule has 3 rings (SSSR count). The van der Waals surface area contributed by atoms with Gasteiger partial charge in [-0.2, -0.15) is 0 Å². The molecule has 1 nitrogen and oxygen atoms in total. The fraction of sp³-hybridized carbons (Fsp3) is 0.600. The summed E-state index contributed by atoms with van der Waals surface area (Å²) in [6.45, 7) is 3.14. The summed E-state index contributed by atoms with van der Waals surface area (Å²) in [6.07, 6.45) is 5.79. The van der Waals surface area contributed by atoms with Crippen LogP contribution >= 0.6 is 11.6 Å². The summed E-state index contributed by atoms with van der Waals surface area (Å²) in [5.41, 5.74) is 2.69. The summed E-state index contributed by atoms with van der Waals surface area (Å²) in [4.78, 5) is 0. The van der Waals surface area contributed by atoms with Crippen molar-refractivity contribution in [3.05, 3.63) is 34.3 Å². The molecular weight excluding hydrogens is 230 g/mol. The molecule has 17 heavy (non-hydrogen) atoms. The average Bonchev–Trinajstić information content (AvgIpc) is 2.89. The van der Waals surface area contributed by atoms with Gasteiger partial charge in [-0.05, 0) is 61.3 Å². The van der Waals surface area contributed by atoms with Crippen LogP contribution in [0.3, 0.4) is 0 Å². The van der Waals surface area contributed by atoms with Gasteiger partial charge in [0.25, 0.3) is 0 Å². The van der Waals surface area contributed by atoms with Crippen molar-refractivity contribution in [1.82, 2.24) is 5.32 Å². The number of nitrogens with one attached hydrogen (secondary N) is 1.